The monoisotopic (exact) mass is 777 g/mol. The molecule has 0 bridgehead atoms. The van der Waals surface area contributed by atoms with E-state index in [1.54, 1.807) is 4.90 Å². The van der Waals surface area contributed by atoms with Gasteiger partial charge in [0.05, 0.1) is 51.8 Å². The number of carbonyl (C=O) groups excluding carboxylic acids is 1. The van der Waals surface area contributed by atoms with Crippen molar-refractivity contribution in [1.29, 1.82) is 0 Å². The molecule has 0 spiro atoms. The summed E-state index contributed by atoms with van der Waals surface area (Å²) in [5.74, 6) is 0. The molecule has 1 amide bonds. The zero-order chi connectivity index (χ0) is 40.1. The summed E-state index contributed by atoms with van der Waals surface area (Å²) < 4.78 is 45.8. The summed E-state index contributed by atoms with van der Waals surface area (Å²) in [6.07, 6.45) is 2.76. The van der Waals surface area contributed by atoms with Crippen LogP contribution in [0.5, 0.6) is 0 Å². The fraction of sp³-hybridized carbons (Fsp3) is 0.438. The number of benzene rings is 4. The number of rotatable bonds is 17. The maximum atomic E-state index is 13.3. The Morgan fingerprint density at radius 1 is 0.684 bits per heavy atom. The number of hydrogen-bond acceptors (Lipinski definition) is 8. The van der Waals surface area contributed by atoms with Crippen molar-refractivity contribution >= 4 is 6.09 Å². The first-order valence-corrected chi connectivity index (χ1v) is 20.1. The quantitative estimate of drug-likeness (QED) is 0.0982. The van der Waals surface area contributed by atoms with E-state index in [1.165, 1.54) is 0 Å². The highest BCUT2D eigenvalue weighted by molar-refractivity contribution is 5.70. The highest BCUT2D eigenvalue weighted by Crippen LogP contribution is 2.34. The predicted octanol–water partition coefficient (Wildman–Crippen LogP) is 9.44. The van der Waals surface area contributed by atoms with Gasteiger partial charge in [-0.3, -0.25) is 4.90 Å². The molecule has 0 radical (unpaired) electrons. The van der Waals surface area contributed by atoms with Gasteiger partial charge in [-0.25, -0.2) is 4.79 Å². The number of nitrogens with zero attached hydrogens (tertiary/aromatic N) is 1. The van der Waals surface area contributed by atoms with Gasteiger partial charge in [-0.1, -0.05) is 133 Å². The first-order valence-electron chi connectivity index (χ1n) is 20.1. The van der Waals surface area contributed by atoms with Crippen molar-refractivity contribution in [3.8, 4) is 0 Å². The molecule has 4 aromatic carbocycles. The molecule has 304 valence electrons. The normalized spacial score (nSPS) is 23.5. The largest absolute Gasteiger partial charge is 0.444 e. The Hall–Kier alpha value is -4.35. The average molecular weight is 778 g/mol. The van der Waals surface area contributed by atoms with Crippen LogP contribution in [0.25, 0.3) is 0 Å². The molecule has 0 aromatic heterocycles. The lowest BCUT2D eigenvalue weighted by Gasteiger charge is -2.46. The summed E-state index contributed by atoms with van der Waals surface area (Å²) in [4.78, 5) is 15.0. The van der Waals surface area contributed by atoms with Crippen molar-refractivity contribution in [2.45, 2.75) is 122 Å². The third kappa shape index (κ3) is 12.6. The minimum Gasteiger partial charge on any atom is -0.444 e. The Morgan fingerprint density at radius 2 is 1.14 bits per heavy atom. The molecule has 0 saturated carbocycles. The summed E-state index contributed by atoms with van der Waals surface area (Å²) >= 11 is 0. The molecular formula is C48H59NO8. The van der Waals surface area contributed by atoms with Crippen LogP contribution < -0.4 is 0 Å². The average Bonchev–Trinajstić information content (AvgIpc) is 3.52. The first kappa shape index (κ1) is 42.3. The molecule has 9 heteroatoms. The van der Waals surface area contributed by atoms with Gasteiger partial charge in [-0.2, -0.15) is 0 Å². The fourth-order valence-corrected chi connectivity index (χ4v) is 7.27. The van der Waals surface area contributed by atoms with E-state index in [4.69, 9.17) is 33.2 Å². The van der Waals surface area contributed by atoms with Gasteiger partial charge in [0, 0.05) is 0 Å². The standard InChI is InChI=1S/C48H59NO8/c1-47(2,3)57-46(50)49-40(34-55-48(49,4)5)28-18-19-29-41-43(52-31-37-22-12-7-13-23-37)45(54-33-39-26-16-9-17-27-39)44(53-32-38-24-14-8-15-25-38)42(56-41)35-51-30-36-20-10-6-11-21-36/h6-18,20-28,40-45H,19,29-35H2,1-5H3/b28-18+/t40-,41-,42+,43-,44+,45+/m0/s1. The Labute approximate surface area is 338 Å². The van der Waals surface area contributed by atoms with Gasteiger partial charge < -0.3 is 33.2 Å². The maximum Gasteiger partial charge on any atom is 0.413 e. The van der Waals surface area contributed by atoms with Crippen LogP contribution >= 0.6 is 0 Å². The molecule has 0 unspecified atom stereocenters. The number of ether oxygens (including phenoxy) is 7. The zero-order valence-electron chi connectivity index (χ0n) is 34.0. The van der Waals surface area contributed by atoms with E-state index < -0.39 is 41.8 Å². The zero-order valence-corrected chi connectivity index (χ0v) is 34.0. The van der Waals surface area contributed by atoms with Crippen LogP contribution in [0.3, 0.4) is 0 Å². The van der Waals surface area contributed by atoms with Crippen molar-refractivity contribution < 1.29 is 38.0 Å². The van der Waals surface area contributed by atoms with Crippen LogP contribution in [0.15, 0.2) is 133 Å². The molecule has 2 aliphatic heterocycles. The van der Waals surface area contributed by atoms with E-state index in [-0.39, 0.29) is 12.1 Å². The van der Waals surface area contributed by atoms with Crippen molar-refractivity contribution in [3.63, 3.8) is 0 Å². The lowest BCUT2D eigenvalue weighted by Crippen LogP contribution is -2.61. The Morgan fingerprint density at radius 3 is 1.63 bits per heavy atom. The lowest BCUT2D eigenvalue weighted by atomic mass is 9.91. The third-order valence-electron chi connectivity index (χ3n) is 10.1. The maximum absolute atomic E-state index is 13.3. The summed E-state index contributed by atoms with van der Waals surface area (Å²) in [6.45, 7) is 11.6. The van der Waals surface area contributed by atoms with Gasteiger partial charge in [-0.05, 0) is 69.7 Å². The van der Waals surface area contributed by atoms with E-state index in [2.05, 4.69) is 54.6 Å². The van der Waals surface area contributed by atoms with Crippen molar-refractivity contribution in [2.75, 3.05) is 13.2 Å². The Kier molecular flexibility index (Phi) is 15.1. The number of amides is 1. The van der Waals surface area contributed by atoms with Gasteiger partial charge in [0.2, 0.25) is 0 Å². The minimum absolute atomic E-state index is 0.274. The molecule has 0 aliphatic carbocycles. The fourth-order valence-electron chi connectivity index (χ4n) is 7.27. The van der Waals surface area contributed by atoms with Gasteiger partial charge >= 0.3 is 6.09 Å². The van der Waals surface area contributed by atoms with Crippen LogP contribution in [0.2, 0.25) is 0 Å². The summed E-state index contributed by atoms with van der Waals surface area (Å²) in [5, 5.41) is 0. The van der Waals surface area contributed by atoms with Crippen LogP contribution in [0.1, 0.15) is 69.7 Å². The second kappa shape index (κ2) is 20.4. The van der Waals surface area contributed by atoms with Gasteiger partial charge in [-0.15, -0.1) is 0 Å². The minimum atomic E-state index is -0.800. The van der Waals surface area contributed by atoms with E-state index >= 15 is 0 Å². The van der Waals surface area contributed by atoms with Gasteiger partial charge in [0.15, 0.2) is 0 Å². The van der Waals surface area contributed by atoms with E-state index in [1.807, 2.05) is 113 Å². The van der Waals surface area contributed by atoms with Crippen molar-refractivity contribution in [2.24, 2.45) is 0 Å². The highest BCUT2D eigenvalue weighted by atomic mass is 16.6. The molecule has 6 rings (SSSR count). The van der Waals surface area contributed by atoms with Crippen LogP contribution in [-0.2, 0) is 59.6 Å². The smallest absolute Gasteiger partial charge is 0.413 e. The lowest BCUT2D eigenvalue weighted by molar-refractivity contribution is -0.273. The summed E-state index contributed by atoms with van der Waals surface area (Å²) in [7, 11) is 0. The van der Waals surface area contributed by atoms with E-state index in [9.17, 15) is 4.79 Å². The molecule has 9 nitrogen and oxygen atoms in total. The molecule has 57 heavy (non-hydrogen) atoms. The molecule has 2 aliphatic rings. The van der Waals surface area contributed by atoms with Gasteiger partial charge in [0.25, 0.3) is 0 Å². The van der Waals surface area contributed by atoms with E-state index in [0.29, 0.717) is 52.5 Å². The highest BCUT2D eigenvalue weighted by Gasteiger charge is 2.48. The SMILES string of the molecule is CC(C)(C)OC(=O)N1[C@@H](/C=C/CC[C@@H]2O[C@H](COCc3ccccc3)[C@@H](OCc3ccccc3)[C@H](OCc3ccccc3)[C@H]2OCc2ccccc2)COC1(C)C. The summed E-state index contributed by atoms with van der Waals surface area (Å²) in [5.41, 5.74) is 2.82. The number of hydrogen-bond donors (Lipinski definition) is 0. The predicted molar refractivity (Wildman–Crippen MR) is 220 cm³/mol. The molecule has 2 saturated heterocycles. The van der Waals surface area contributed by atoms with Crippen LogP contribution in [0, 0.1) is 0 Å². The second-order valence-electron chi connectivity index (χ2n) is 16.2. The molecule has 0 N–H and O–H groups in total. The van der Waals surface area contributed by atoms with Crippen LogP contribution in [0.4, 0.5) is 4.79 Å². The van der Waals surface area contributed by atoms with Crippen LogP contribution in [-0.4, -0.2) is 72.1 Å². The molecule has 2 fully saturated rings. The molecule has 4 aromatic rings. The summed E-state index contributed by atoms with van der Waals surface area (Å²) in [6, 6.07) is 40.3. The molecule has 2 heterocycles. The topological polar surface area (TPSA) is 84.9 Å². The second-order valence-corrected chi connectivity index (χ2v) is 16.2. The van der Waals surface area contributed by atoms with Gasteiger partial charge in [0.1, 0.15) is 35.7 Å². The Bertz CT molecular complexity index is 1800. The number of allylic oxidation sites excluding steroid dienone is 1. The Balaban J connectivity index is 1.26. The molecule has 6 atom stereocenters. The van der Waals surface area contributed by atoms with E-state index in [0.717, 1.165) is 22.3 Å². The third-order valence-corrected chi connectivity index (χ3v) is 10.1. The first-order chi connectivity index (χ1) is 27.6. The molecular weight excluding hydrogens is 719 g/mol. The number of carbonyl (C=O) groups is 1. The van der Waals surface area contributed by atoms with Crippen molar-refractivity contribution in [1.82, 2.24) is 4.90 Å². The van der Waals surface area contributed by atoms with Crippen molar-refractivity contribution in [3.05, 3.63) is 156 Å².